The Morgan fingerprint density at radius 3 is 1.90 bits per heavy atom. The maximum Gasteiger partial charge on any atom is 0.211 e. The smallest absolute Gasteiger partial charge is 0.211 e. The molecule has 9 aromatic carbocycles. The predicted octanol–water partition coefficient (Wildman–Crippen LogP) is 13.8. The standard InChI is InChI=1S/C55H35N5S/c1-4-15-34(16-5-1)53-56-54(35-17-6-2-7-18-35)58-55(57-53)60-45-24-12-10-21-39(45)40-29-27-36(31-47(40)60)37-28-30-41-44-33-48-51(43-23-14-26-49(52(43)44)61-50(41)32-37)42-22-11-13-25-46(42)59(48)38-19-8-3-9-20-38/h1-33,53H,(H,56,57,58). The van der Waals surface area contributed by atoms with Crippen molar-refractivity contribution in [2.24, 2.45) is 9.98 Å². The van der Waals surface area contributed by atoms with Crippen LogP contribution < -0.4 is 5.32 Å². The monoisotopic (exact) mass is 797 g/mol. The van der Waals surface area contributed by atoms with Crippen LogP contribution in [0.4, 0.5) is 0 Å². The SMILES string of the molecule is c1ccc(C2=NC(c3ccccc3)NC(n3c4ccccc4c4ccc(-c5ccc6c(c5)Sc5cccc7c5c-6cc5c7c6ccccc6n5-c5ccccc5)cc43)=N2)cc1. The van der Waals surface area contributed by atoms with Crippen molar-refractivity contribution < 1.29 is 0 Å². The third-order valence-electron chi connectivity index (χ3n) is 12.4. The number of nitrogens with one attached hydrogen (secondary N) is 1. The highest BCUT2D eigenvalue weighted by molar-refractivity contribution is 7.99. The Bertz CT molecular complexity index is 3640. The fraction of sp³-hybridized carbons (Fsp3) is 0.0182. The van der Waals surface area contributed by atoms with Gasteiger partial charge >= 0.3 is 0 Å². The van der Waals surface area contributed by atoms with E-state index in [0.29, 0.717) is 5.84 Å². The van der Waals surface area contributed by atoms with Crippen LogP contribution in [0, 0.1) is 0 Å². The molecule has 0 spiro atoms. The summed E-state index contributed by atoms with van der Waals surface area (Å²) in [7, 11) is 0. The predicted molar refractivity (Wildman–Crippen MR) is 254 cm³/mol. The first-order valence-corrected chi connectivity index (χ1v) is 21.5. The van der Waals surface area contributed by atoms with Gasteiger partial charge in [-0.2, -0.15) is 4.99 Å². The van der Waals surface area contributed by atoms with E-state index in [1.54, 1.807) is 0 Å². The molecular formula is C55H35N5S. The molecule has 6 heteroatoms. The average Bonchev–Trinajstić information content (AvgIpc) is 3.85. The molecule has 5 nitrogen and oxygen atoms in total. The lowest BCUT2D eigenvalue weighted by atomic mass is 9.93. The normalized spacial score (nSPS) is 14.7. The van der Waals surface area contributed by atoms with E-state index in [1.165, 1.54) is 75.5 Å². The zero-order valence-electron chi connectivity index (χ0n) is 32.8. The Morgan fingerprint density at radius 2 is 1.08 bits per heavy atom. The van der Waals surface area contributed by atoms with E-state index in [2.05, 4.69) is 190 Å². The number of aromatic nitrogens is 2. The van der Waals surface area contributed by atoms with Gasteiger partial charge in [0.1, 0.15) is 6.17 Å². The number of hydrogen-bond donors (Lipinski definition) is 1. The largest absolute Gasteiger partial charge is 0.330 e. The lowest BCUT2D eigenvalue weighted by molar-refractivity contribution is 0.661. The Balaban J connectivity index is 0.978. The molecular weight excluding hydrogens is 763 g/mol. The van der Waals surface area contributed by atoms with E-state index in [4.69, 9.17) is 9.98 Å². The van der Waals surface area contributed by atoms with Crippen molar-refractivity contribution >= 4 is 77.9 Å². The van der Waals surface area contributed by atoms with Gasteiger partial charge in [0.05, 0.1) is 22.1 Å². The zero-order valence-corrected chi connectivity index (χ0v) is 33.6. The minimum absolute atomic E-state index is 0.302. The van der Waals surface area contributed by atoms with E-state index in [0.717, 1.165) is 33.7 Å². The molecule has 0 amide bonds. The van der Waals surface area contributed by atoms with Crippen molar-refractivity contribution in [1.29, 1.82) is 0 Å². The van der Waals surface area contributed by atoms with Crippen molar-refractivity contribution in [3.63, 3.8) is 0 Å². The molecule has 1 unspecified atom stereocenters. The van der Waals surface area contributed by atoms with Gasteiger partial charge < -0.3 is 9.88 Å². The highest BCUT2D eigenvalue weighted by Crippen LogP contribution is 2.52. The summed E-state index contributed by atoms with van der Waals surface area (Å²) < 4.78 is 4.71. The van der Waals surface area contributed by atoms with Crippen LogP contribution in [0.2, 0.25) is 0 Å². The minimum Gasteiger partial charge on any atom is -0.330 e. The van der Waals surface area contributed by atoms with Crippen LogP contribution >= 0.6 is 11.8 Å². The van der Waals surface area contributed by atoms with Gasteiger partial charge in [-0.15, -0.1) is 0 Å². The van der Waals surface area contributed by atoms with Crippen LogP contribution in [0.1, 0.15) is 17.3 Å². The highest BCUT2D eigenvalue weighted by atomic mass is 32.2. The van der Waals surface area contributed by atoms with Crippen molar-refractivity contribution in [2.75, 3.05) is 0 Å². The fourth-order valence-electron chi connectivity index (χ4n) is 9.64. The molecule has 286 valence electrons. The van der Waals surface area contributed by atoms with Crippen molar-refractivity contribution in [2.45, 2.75) is 16.0 Å². The number of hydrogen-bond acceptors (Lipinski definition) is 4. The zero-order chi connectivity index (χ0) is 40.0. The number of nitrogens with zero attached hydrogens (tertiary/aromatic N) is 4. The van der Waals surface area contributed by atoms with E-state index < -0.39 is 0 Å². The number of para-hydroxylation sites is 3. The summed E-state index contributed by atoms with van der Waals surface area (Å²) >= 11 is 1.88. The minimum atomic E-state index is -0.302. The molecule has 61 heavy (non-hydrogen) atoms. The Morgan fingerprint density at radius 1 is 0.426 bits per heavy atom. The molecule has 0 radical (unpaired) electrons. The highest BCUT2D eigenvalue weighted by Gasteiger charge is 2.26. The van der Waals surface area contributed by atoms with Crippen molar-refractivity contribution in [3.05, 3.63) is 211 Å². The van der Waals surface area contributed by atoms with E-state index in [-0.39, 0.29) is 6.17 Å². The molecule has 11 aromatic rings. The number of benzene rings is 9. The van der Waals surface area contributed by atoms with E-state index >= 15 is 0 Å². The lowest BCUT2D eigenvalue weighted by Gasteiger charge is -2.25. The number of aliphatic imine (C=N–C) groups is 2. The van der Waals surface area contributed by atoms with Gasteiger partial charge in [0.15, 0.2) is 5.84 Å². The molecule has 2 aliphatic heterocycles. The number of rotatable bonds is 4. The number of fused-ring (bicyclic) bond motifs is 9. The van der Waals surface area contributed by atoms with Crippen LogP contribution in [0.25, 0.3) is 82.3 Å². The molecule has 1 atom stereocenters. The summed E-state index contributed by atoms with van der Waals surface area (Å²) in [4.78, 5) is 12.9. The molecule has 0 saturated carbocycles. The maximum atomic E-state index is 5.24. The molecule has 0 saturated heterocycles. The topological polar surface area (TPSA) is 46.6 Å². The van der Waals surface area contributed by atoms with Gasteiger partial charge in [-0.25, -0.2) is 4.99 Å². The van der Waals surface area contributed by atoms with Crippen molar-refractivity contribution in [3.8, 4) is 27.9 Å². The molecule has 1 N–H and O–H groups in total. The maximum absolute atomic E-state index is 5.24. The van der Waals surface area contributed by atoms with Crippen LogP contribution in [0.5, 0.6) is 0 Å². The van der Waals surface area contributed by atoms with Gasteiger partial charge in [0.25, 0.3) is 0 Å². The van der Waals surface area contributed by atoms with Crippen LogP contribution in [0.3, 0.4) is 0 Å². The number of amidine groups is 1. The second-order valence-corrected chi connectivity index (χ2v) is 16.9. The lowest BCUT2D eigenvalue weighted by Crippen LogP contribution is -2.37. The first kappa shape index (κ1) is 34.2. The fourth-order valence-corrected chi connectivity index (χ4v) is 10.8. The summed E-state index contributed by atoms with van der Waals surface area (Å²) in [6, 6.07) is 72.0. The van der Waals surface area contributed by atoms with E-state index in [1.807, 2.05) is 36.0 Å². The third-order valence-corrected chi connectivity index (χ3v) is 13.5. The van der Waals surface area contributed by atoms with Gasteiger partial charge in [-0.05, 0) is 81.7 Å². The van der Waals surface area contributed by atoms with Crippen LogP contribution in [-0.4, -0.2) is 20.9 Å². The first-order chi connectivity index (χ1) is 30.2. The Kier molecular flexibility index (Phi) is 7.53. The Hall–Kier alpha value is -7.67. The molecule has 2 aromatic heterocycles. The van der Waals surface area contributed by atoms with Crippen LogP contribution in [-0.2, 0) is 0 Å². The molecule has 4 heterocycles. The van der Waals surface area contributed by atoms with Crippen LogP contribution in [0.15, 0.2) is 220 Å². The van der Waals surface area contributed by atoms with E-state index in [9.17, 15) is 0 Å². The molecule has 0 fully saturated rings. The summed E-state index contributed by atoms with van der Waals surface area (Å²) in [5, 5.41) is 11.3. The summed E-state index contributed by atoms with van der Waals surface area (Å²) in [5.41, 5.74) is 12.7. The third kappa shape index (κ3) is 5.29. The summed E-state index contributed by atoms with van der Waals surface area (Å²) in [5.74, 6) is 1.45. The first-order valence-electron chi connectivity index (χ1n) is 20.7. The van der Waals surface area contributed by atoms with Gasteiger partial charge in [-0.1, -0.05) is 163 Å². The average molecular weight is 798 g/mol. The quantitative estimate of drug-likeness (QED) is 0.193. The van der Waals surface area contributed by atoms with Gasteiger partial charge in [-0.3, -0.25) is 4.57 Å². The molecule has 13 rings (SSSR count). The van der Waals surface area contributed by atoms with Gasteiger partial charge in [0, 0.05) is 48.0 Å². The molecule has 2 aliphatic rings. The molecule has 0 aliphatic carbocycles. The second kappa shape index (κ2) is 13.4. The van der Waals surface area contributed by atoms with Gasteiger partial charge in [0.2, 0.25) is 5.96 Å². The van der Waals surface area contributed by atoms with Crippen molar-refractivity contribution in [1.82, 2.24) is 14.5 Å². The molecule has 0 bridgehead atoms. The summed E-state index contributed by atoms with van der Waals surface area (Å²) in [6.45, 7) is 0. The Labute approximate surface area is 356 Å². The summed E-state index contributed by atoms with van der Waals surface area (Å²) in [6.07, 6.45) is -0.302. The second-order valence-electron chi connectivity index (χ2n) is 15.8.